The molecule has 2 aliphatic rings. The third kappa shape index (κ3) is 3.59. The van der Waals surface area contributed by atoms with Gasteiger partial charge in [0, 0.05) is 24.5 Å². The van der Waals surface area contributed by atoms with Gasteiger partial charge in [0.1, 0.15) is 0 Å². The number of cyclic esters (lactones) is 1. The predicted molar refractivity (Wildman–Crippen MR) is 110 cm³/mol. The van der Waals surface area contributed by atoms with E-state index >= 15 is 0 Å². The van der Waals surface area contributed by atoms with E-state index < -0.39 is 11.6 Å². The van der Waals surface area contributed by atoms with E-state index in [1.54, 1.807) is 25.1 Å². The van der Waals surface area contributed by atoms with Crippen LogP contribution in [0.2, 0.25) is 5.02 Å². The van der Waals surface area contributed by atoms with E-state index in [0.717, 1.165) is 37.2 Å². The molecule has 146 valence electrons. The maximum Gasteiger partial charge on any atom is 0.339 e. The summed E-state index contributed by atoms with van der Waals surface area (Å²) in [6, 6.07) is 12.8. The first-order valence-corrected chi connectivity index (χ1v) is 10.0. The summed E-state index contributed by atoms with van der Waals surface area (Å²) in [7, 11) is 0. The van der Waals surface area contributed by atoms with Gasteiger partial charge in [0.05, 0.1) is 16.9 Å². The first-order valence-electron chi connectivity index (χ1n) is 9.63. The number of carbonyl (C=O) groups is 2. The number of esters is 1. The van der Waals surface area contributed by atoms with Crippen LogP contribution in [0.3, 0.4) is 0 Å². The second-order valence-corrected chi connectivity index (χ2v) is 8.05. The Bertz CT molecular complexity index is 924. The lowest BCUT2D eigenvalue weighted by Crippen LogP contribution is -2.49. The van der Waals surface area contributed by atoms with Gasteiger partial charge in [-0.15, -0.1) is 0 Å². The van der Waals surface area contributed by atoms with Crippen molar-refractivity contribution in [2.45, 2.75) is 38.2 Å². The van der Waals surface area contributed by atoms with Gasteiger partial charge in [0.2, 0.25) is 0 Å². The van der Waals surface area contributed by atoms with Crippen LogP contribution >= 0.6 is 11.6 Å². The summed E-state index contributed by atoms with van der Waals surface area (Å²) < 4.78 is 5.55. The highest BCUT2D eigenvalue weighted by Gasteiger charge is 2.42. The third-order valence-corrected chi connectivity index (χ3v) is 5.70. The van der Waals surface area contributed by atoms with Crippen molar-refractivity contribution in [2.75, 3.05) is 23.3 Å². The Morgan fingerprint density at radius 1 is 1.14 bits per heavy atom. The smallest absolute Gasteiger partial charge is 0.339 e. The number of nitrogens with one attached hydrogen (secondary N) is 1. The van der Waals surface area contributed by atoms with Crippen LogP contribution in [0.5, 0.6) is 0 Å². The maximum atomic E-state index is 13.1. The highest BCUT2D eigenvalue weighted by molar-refractivity contribution is 6.31. The summed E-state index contributed by atoms with van der Waals surface area (Å²) in [5.41, 5.74) is 1.66. The van der Waals surface area contributed by atoms with Crippen LogP contribution in [0, 0.1) is 0 Å². The van der Waals surface area contributed by atoms with Gasteiger partial charge in [-0.05, 0) is 56.0 Å². The van der Waals surface area contributed by atoms with E-state index in [2.05, 4.69) is 10.2 Å². The highest BCUT2D eigenvalue weighted by Crippen LogP contribution is 2.34. The van der Waals surface area contributed by atoms with Crippen molar-refractivity contribution in [3.63, 3.8) is 0 Å². The molecular weight excluding hydrogens is 376 g/mol. The molecule has 28 heavy (non-hydrogen) atoms. The summed E-state index contributed by atoms with van der Waals surface area (Å²) in [6.45, 7) is 3.55. The number of carbonyl (C=O) groups excluding carboxylic acids is 2. The molecule has 1 saturated heterocycles. The van der Waals surface area contributed by atoms with Gasteiger partial charge in [-0.25, -0.2) is 4.79 Å². The Balaban J connectivity index is 1.60. The third-order valence-electron chi connectivity index (χ3n) is 5.47. The molecule has 2 heterocycles. The second-order valence-electron chi connectivity index (χ2n) is 7.62. The number of piperidine rings is 1. The fourth-order valence-electron chi connectivity index (χ4n) is 3.93. The van der Waals surface area contributed by atoms with Crippen molar-refractivity contribution < 1.29 is 14.3 Å². The van der Waals surface area contributed by atoms with E-state index in [9.17, 15) is 9.59 Å². The number of anilines is 2. The van der Waals surface area contributed by atoms with Crippen molar-refractivity contribution in [1.82, 2.24) is 0 Å². The lowest BCUT2D eigenvalue weighted by atomic mass is 9.89. The van der Waals surface area contributed by atoms with Crippen LogP contribution in [0.15, 0.2) is 42.5 Å². The predicted octanol–water partition coefficient (Wildman–Crippen LogP) is 4.44. The van der Waals surface area contributed by atoms with Crippen molar-refractivity contribution >= 4 is 34.9 Å². The molecule has 0 radical (unpaired) electrons. The molecule has 4 rings (SSSR count). The van der Waals surface area contributed by atoms with Crippen molar-refractivity contribution in [3.05, 3.63) is 58.6 Å². The minimum atomic E-state index is -1.27. The average Bonchev–Trinajstić information content (AvgIpc) is 2.69. The molecule has 1 N–H and O–H groups in total. The molecule has 1 unspecified atom stereocenters. The van der Waals surface area contributed by atoms with E-state index in [1.165, 1.54) is 6.42 Å². The molecule has 2 aromatic rings. The molecule has 0 spiro atoms. The van der Waals surface area contributed by atoms with Gasteiger partial charge in [-0.1, -0.05) is 29.8 Å². The quantitative estimate of drug-likeness (QED) is 0.776. The zero-order valence-electron chi connectivity index (χ0n) is 15.8. The molecule has 2 aliphatic heterocycles. The lowest BCUT2D eigenvalue weighted by Gasteiger charge is -2.34. The monoisotopic (exact) mass is 398 g/mol. The summed E-state index contributed by atoms with van der Waals surface area (Å²) >= 11 is 6.19. The summed E-state index contributed by atoms with van der Waals surface area (Å²) in [6.07, 6.45) is 3.81. The Labute approximate surface area is 169 Å². The largest absolute Gasteiger partial charge is 0.445 e. The number of amides is 1. The van der Waals surface area contributed by atoms with Gasteiger partial charge in [0.15, 0.2) is 5.60 Å². The normalized spacial score (nSPS) is 21.6. The van der Waals surface area contributed by atoms with Gasteiger partial charge in [0.25, 0.3) is 5.91 Å². The number of hydrogen-bond acceptors (Lipinski definition) is 4. The van der Waals surface area contributed by atoms with Crippen molar-refractivity contribution in [2.24, 2.45) is 0 Å². The highest BCUT2D eigenvalue weighted by atomic mass is 35.5. The standard InChI is InChI=1S/C22H23ClN2O3/c1-22(14-15-7-3-4-8-17(15)20(26)28-22)21(27)24-18-13-16(23)9-10-19(18)25-11-5-2-6-12-25/h3-4,7-10,13H,2,5-6,11-12,14H2,1H3,(H,24,27). The molecule has 0 saturated carbocycles. The number of fused-ring (bicyclic) bond motifs is 1. The second kappa shape index (κ2) is 7.47. The number of rotatable bonds is 3. The summed E-state index contributed by atoms with van der Waals surface area (Å²) in [5, 5.41) is 3.52. The SMILES string of the molecule is CC1(C(=O)Nc2cc(Cl)ccc2N2CCCCC2)Cc2ccccc2C(=O)O1. The van der Waals surface area contributed by atoms with Gasteiger partial charge in [-0.2, -0.15) is 0 Å². The summed E-state index contributed by atoms with van der Waals surface area (Å²) in [4.78, 5) is 27.8. The molecule has 1 atom stereocenters. The molecule has 0 aliphatic carbocycles. The number of ether oxygens (including phenoxy) is 1. The molecular formula is C22H23ClN2O3. The van der Waals surface area contributed by atoms with E-state index in [4.69, 9.17) is 16.3 Å². The Morgan fingerprint density at radius 3 is 2.68 bits per heavy atom. The van der Waals surface area contributed by atoms with Crippen LogP contribution < -0.4 is 10.2 Å². The Hall–Kier alpha value is -2.53. The molecule has 0 aromatic heterocycles. The topological polar surface area (TPSA) is 58.6 Å². The number of halogens is 1. The average molecular weight is 399 g/mol. The zero-order valence-corrected chi connectivity index (χ0v) is 16.6. The van der Waals surface area contributed by atoms with Gasteiger partial charge < -0.3 is 15.0 Å². The molecule has 1 fully saturated rings. The molecule has 2 aromatic carbocycles. The van der Waals surface area contributed by atoms with Crippen LogP contribution in [-0.4, -0.2) is 30.6 Å². The van der Waals surface area contributed by atoms with Crippen molar-refractivity contribution in [3.8, 4) is 0 Å². The molecule has 1 amide bonds. The van der Waals surface area contributed by atoms with Gasteiger partial charge >= 0.3 is 5.97 Å². The van der Waals surface area contributed by atoms with E-state index in [1.807, 2.05) is 24.3 Å². The fraction of sp³-hybridized carbons (Fsp3) is 0.364. The van der Waals surface area contributed by atoms with Gasteiger partial charge in [-0.3, -0.25) is 4.79 Å². The molecule has 6 heteroatoms. The zero-order chi connectivity index (χ0) is 19.7. The first kappa shape index (κ1) is 18.8. The van der Waals surface area contributed by atoms with Crippen LogP contribution in [0.1, 0.15) is 42.1 Å². The Morgan fingerprint density at radius 2 is 1.89 bits per heavy atom. The first-order chi connectivity index (χ1) is 13.5. The lowest BCUT2D eigenvalue weighted by molar-refractivity contribution is -0.134. The van der Waals surface area contributed by atoms with Crippen molar-refractivity contribution in [1.29, 1.82) is 0 Å². The summed E-state index contributed by atoms with van der Waals surface area (Å²) in [5.74, 6) is -0.822. The number of nitrogens with zero attached hydrogens (tertiary/aromatic N) is 1. The van der Waals surface area contributed by atoms with Crippen LogP contribution in [-0.2, 0) is 16.0 Å². The maximum absolute atomic E-state index is 13.1. The molecule has 0 bridgehead atoms. The van der Waals surface area contributed by atoms with Crippen LogP contribution in [0.25, 0.3) is 0 Å². The fourth-order valence-corrected chi connectivity index (χ4v) is 4.10. The van der Waals surface area contributed by atoms with Crippen LogP contribution in [0.4, 0.5) is 11.4 Å². The minimum Gasteiger partial charge on any atom is -0.445 e. The Kier molecular flexibility index (Phi) is 5.02. The van der Waals surface area contributed by atoms with E-state index in [-0.39, 0.29) is 5.91 Å². The number of hydrogen-bond donors (Lipinski definition) is 1. The molecule has 5 nitrogen and oxygen atoms in total. The number of benzene rings is 2. The van der Waals surface area contributed by atoms with E-state index in [0.29, 0.717) is 22.7 Å². The minimum absolute atomic E-state index is 0.334.